The molecule has 0 aliphatic heterocycles. The Morgan fingerprint density at radius 3 is 2.80 bits per heavy atom. The fourth-order valence-corrected chi connectivity index (χ4v) is 1.53. The van der Waals surface area contributed by atoms with E-state index in [-0.39, 0.29) is 12.1 Å². The molecule has 0 saturated heterocycles. The number of nitrogens with one attached hydrogen (secondary N) is 1. The van der Waals surface area contributed by atoms with Gasteiger partial charge in [0, 0.05) is 31.1 Å². The van der Waals surface area contributed by atoms with Crippen LogP contribution in [0.3, 0.4) is 0 Å². The summed E-state index contributed by atoms with van der Waals surface area (Å²) in [5.41, 5.74) is -0.0764. The van der Waals surface area contributed by atoms with Gasteiger partial charge in [0.25, 0.3) is 0 Å². The van der Waals surface area contributed by atoms with Crippen molar-refractivity contribution in [2.75, 3.05) is 11.9 Å². The fraction of sp³-hybridized carbons (Fsp3) is 0.727. The van der Waals surface area contributed by atoms with Gasteiger partial charge < -0.3 is 15.0 Å². The molecule has 0 bridgehead atoms. The van der Waals surface area contributed by atoms with Crippen LogP contribution in [0.25, 0.3) is 0 Å². The lowest BCUT2D eigenvalue weighted by molar-refractivity contribution is 0.251. The molecule has 0 aliphatic rings. The maximum Gasteiger partial charge on any atom is 0.203 e. The van der Waals surface area contributed by atoms with Crippen LogP contribution in [0.15, 0.2) is 12.4 Å². The largest absolute Gasteiger partial charge is 0.396 e. The van der Waals surface area contributed by atoms with Crippen LogP contribution in [-0.4, -0.2) is 26.8 Å². The summed E-state index contributed by atoms with van der Waals surface area (Å²) in [6.07, 6.45) is 5.45. The molecule has 0 radical (unpaired) electrons. The molecule has 0 amide bonds. The number of hydrogen-bond acceptors (Lipinski definition) is 3. The van der Waals surface area contributed by atoms with Gasteiger partial charge in [-0.3, -0.25) is 0 Å². The number of rotatable bonds is 6. The van der Waals surface area contributed by atoms with Crippen molar-refractivity contribution < 1.29 is 5.11 Å². The lowest BCUT2D eigenvalue weighted by atomic mass is 9.95. The van der Waals surface area contributed by atoms with Crippen molar-refractivity contribution in [2.45, 2.75) is 45.7 Å². The minimum Gasteiger partial charge on any atom is -0.396 e. The number of nitrogens with zero attached hydrogens (tertiary/aromatic N) is 2. The molecule has 1 rings (SSSR count). The normalized spacial score (nSPS) is 14.9. The third kappa shape index (κ3) is 2.96. The fourth-order valence-electron chi connectivity index (χ4n) is 1.53. The van der Waals surface area contributed by atoms with Gasteiger partial charge in [-0.2, -0.15) is 0 Å². The Morgan fingerprint density at radius 2 is 2.27 bits per heavy atom. The molecule has 1 heterocycles. The molecule has 0 spiro atoms. The maximum absolute atomic E-state index is 9.02. The number of anilines is 1. The Labute approximate surface area is 91.3 Å². The zero-order valence-corrected chi connectivity index (χ0v) is 9.82. The summed E-state index contributed by atoms with van der Waals surface area (Å²) in [6.45, 7) is 7.41. The molecule has 4 nitrogen and oxygen atoms in total. The molecule has 1 aromatic rings. The van der Waals surface area contributed by atoms with Crippen molar-refractivity contribution in [1.29, 1.82) is 0 Å². The SMILES string of the molecule is CCn1ccnc1NC(C)(CC)CCO. The molecule has 2 N–H and O–H groups in total. The van der Waals surface area contributed by atoms with E-state index in [4.69, 9.17) is 5.11 Å². The number of aromatic nitrogens is 2. The molecule has 1 aromatic heterocycles. The van der Waals surface area contributed by atoms with Gasteiger partial charge in [0.05, 0.1) is 0 Å². The van der Waals surface area contributed by atoms with Gasteiger partial charge in [0.1, 0.15) is 0 Å². The third-order valence-electron chi connectivity index (χ3n) is 2.91. The van der Waals surface area contributed by atoms with E-state index in [2.05, 4.69) is 35.6 Å². The summed E-state index contributed by atoms with van der Waals surface area (Å²) in [5, 5.41) is 12.4. The van der Waals surface area contributed by atoms with Crippen molar-refractivity contribution in [3.05, 3.63) is 12.4 Å². The van der Waals surface area contributed by atoms with Crippen molar-refractivity contribution in [3.8, 4) is 0 Å². The average molecular weight is 211 g/mol. The predicted octanol–water partition coefficient (Wildman–Crippen LogP) is 1.87. The summed E-state index contributed by atoms with van der Waals surface area (Å²) in [5.74, 6) is 0.885. The lowest BCUT2D eigenvalue weighted by Crippen LogP contribution is -2.36. The molecule has 0 aromatic carbocycles. The Balaban J connectivity index is 2.74. The lowest BCUT2D eigenvalue weighted by Gasteiger charge is -2.29. The summed E-state index contributed by atoms with van der Waals surface area (Å²) in [6, 6.07) is 0. The van der Waals surface area contributed by atoms with Crippen LogP contribution in [0.4, 0.5) is 5.95 Å². The second kappa shape index (κ2) is 5.16. The van der Waals surface area contributed by atoms with Gasteiger partial charge in [-0.05, 0) is 26.7 Å². The molecule has 86 valence electrons. The molecule has 1 atom stereocenters. The highest BCUT2D eigenvalue weighted by atomic mass is 16.3. The number of aryl methyl sites for hydroxylation is 1. The monoisotopic (exact) mass is 211 g/mol. The molecular formula is C11H21N3O. The van der Waals surface area contributed by atoms with Crippen molar-refractivity contribution in [3.63, 3.8) is 0 Å². The van der Waals surface area contributed by atoms with Crippen molar-refractivity contribution >= 4 is 5.95 Å². The maximum atomic E-state index is 9.02. The molecule has 0 fully saturated rings. The van der Waals surface area contributed by atoms with Gasteiger partial charge in [0.2, 0.25) is 5.95 Å². The standard InChI is InChI=1S/C11H21N3O/c1-4-11(3,6-9-15)13-10-12-7-8-14(10)5-2/h7-8,15H,4-6,9H2,1-3H3,(H,12,13). The quantitative estimate of drug-likeness (QED) is 0.755. The zero-order chi connectivity index (χ0) is 11.3. The van der Waals surface area contributed by atoms with Crippen LogP contribution in [0, 0.1) is 0 Å². The summed E-state index contributed by atoms with van der Waals surface area (Å²) >= 11 is 0. The Bertz CT molecular complexity index is 298. The third-order valence-corrected chi connectivity index (χ3v) is 2.91. The van der Waals surface area contributed by atoms with Crippen LogP contribution in [-0.2, 0) is 6.54 Å². The Morgan fingerprint density at radius 1 is 1.53 bits per heavy atom. The molecule has 0 aliphatic carbocycles. The average Bonchev–Trinajstić information content (AvgIpc) is 2.65. The van der Waals surface area contributed by atoms with Gasteiger partial charge >= 0.3 is 0 Å². The van der Waals surface area contributed by atoms with E-state index in [0.29, 0.717) is 0 Å². The predicted molar refractivity (Wildman–Crippen MR) is 61.9 cm³/mol. The first kappa shape index (κ1) is 12.0. The van der Waals surface area contributed by atoms with Crippen LogP contribution < -0.4 is 5.32 Å². The molecule has 0 saturated carbocycles. The van der Waals surface area contributed by atoms with E-state index < -0.39 is 0 Å². The summed E-state index contributed by atoms with van der Waals surface area (Å²) < 4.78 is 2.06. The highest BCUT2D eigenvalue weighted by molar-refractivity contribution is 5.30. The first-order chi connectivity index (χ1) is 7.15. The Kier molecular flexibility index (Phi) is 4.15. The molecule has 1 unspecified atom stereocenters. The minimum absolute atomic E-state index is 0.0764. The summed E-state index contributed by atoms with van der Waals surface area (Å²) in [7, 11) is 0. The smallest absolute Gasteiger partial charge is 0.203 e. The van der Waals surface area contributed by atoms with Crippen molar-refractivity contribution in [2.24, 2.45) is 0 Å². The first-order valence-corrected chi connectivity index (χ1v) is 5.55. The van der Waals surface area contributed by atoms with Gasteiger partial charge in [0.15, 0.2) is 0 Å². The van der Waals surface area contributed by atoms with Crippen LogP contribution in [0.1, 0.15) is 33.6 Å². The highest BCUT2D eigenvalue weighted by Crippen LogP contribution is 2.20. The second-order valence-electron chi connectivity index (χ2n) is 4.05. The van der Waals surface area contributed by atoms with E-state index in [1.165, 1.54) is 0 Å². The zero-order valence-electron chi connectivity index (χ0n) is 9.82. The van der Waals surface area contributed by atoms with Gasteiger partial charge in [-0.15, -0.1) is 0 Å². The molecular weight excluding hydrogens is 190 g/mol. The summed E-state index contributed by atoms with van der Waals surface area (Å²) in [4.78, 5) is 4.27. The number of hydrogen-bond donors (Lipinski definition) is 2. The van der Waals surface area contributed by atoms with Crippen molar-refractivity contribution in [1.82, 2.24) is 9.55 Å². The minimum atomic E-state index is -0.0764. The van der Waals surface area contributed by atoms with E-state index in [9.17, 15) is 0 Å². The molecule has 15 heavy (non-hydrogen) atoms. The van der Waals surface area contributed by atoms with E-state index in [0.717, 1.165) is 25.3 Å². The van der Waals surface area contributed by atoms with E-state index in [1.54, 1.807) is 6.20 Å². The number of aliphatic hydroxyl groups excluding tert-OH is 1. The van der Waals surface area contributed by atoms with E-state index >= 15 is 0 Å². The van der Waals surface area contributed by atoms with Crippen LogP contribution >= 0.6 is 0 Å². The van der Waals surface area contributed by atoms with Gasteiger partial charge in [-0.25, -0.2) is 4.98 Å². The van der Waals surface area contributed by atoms with E-state index in [1.807, 2.05) is 6.20 Å². The Hall–Kier alpha value is -1.03. The highest BCUT2D eigenvalue weighted by Gasteiger charge is 2.22. The first-order valence-electron chi connectivity index (χ1n) is 5.55. The van der Waals surface area contributed by atoms with Gasteiger partial charge in [-0.1, -0.05) is 6.92 Å². The van der Waals surface area contributed by atoms with Crippen LogP contribution in [0.5, 0.6) is 0 Å². The number of aliphatic hydroxyl groups is 1. The topological polar surface area (TPSA) is 50.1 Å². The second-order valence-corrected chi connectivity index (χ2v) is 4.05. The van der Waals surface area contributed by atoms with Crippen LogP contribution in [0.2, 0.25) is 0 Å². The molecule has 4 heteroatoms. The number of imidazole rings is 1.